The molecule has 9 heteroatoms. The number of non-ortho nitro benzene ring substituents is 1. The molecule has 2 amide bonds. The minimum Gasteiger partial charge on any atom is -0.368 e. The first-order chi connectivity index (χ1) is 9.86. The maximum Gasteiger partial charge on any atom is 0.270 e. The Kier molecular flexibility index (Phi) is 6.44. The van der Waals surface area contributed by atoms with Gasteiger partial charge in [0.1, 0.15) is 6.04 Å². The van der Waals surface area contributed by atoms with Crippen LogP contribution < -0.4 is 11.1 Å². The van der Waals surface area contributed by atoms with Gasteiger partial charge in [-0.05, 0) is 24.5 Å². The standard InChI is InChI=1S/C12H14ClN3O4S/c1-21-5-4-10(11(14)17)15-12(18)8-6-7(16(19)20)2-3-9(8)13/h2-3,6,10H,4-5H2,1H3,(H2,14,17)(H,15,18). The number of nitrogens with one attached hydrogen (secondary N) is 1. The molecule has 0 fully saturated rings. The van der Waals surface area contributed by atoms with Crippen molar-refractivity contribution in [3.63, 3.8) is 0 Å². The summed E-state index contributed by atoms with van der Waals surface area (Å²) in [5.41, 5.74) is 4.89. The van der Waals surface area contributed by atoms with Crippen LogP contribution in [0.1, 0.15) is 16.8 Å². The van der Waals surface area contributed by atoms with Crippen molar-refractivity contribution in [3.05, 3.63) is 38.9 Å². The number of hydrogen-bond donors (Lipinski definition) is 2. The quantitative estimate of drug-likeness (QED) is 0.581. The van der Waals surface area contributed by atoms with E-state index in [9.17, 15) is 19.7 Å². The molecule has 0 heterocycles. The fourth-order valence-electron chi connectivity index (χ4n) is 1.56. The smallest absolute Gasteiger partial charge is 0.270 e. The highest BCUT2D eigenvalue weighted by atomic mass is 35.5. The summed E-state index contributed by atoms with van der Waals surface area (Å²) in [4.78, 5) is 33.5. The van der Waals surface area contributed by atoms with E-state index in [1.54, 1.807) is 0 Å². The first-order valence-electron chi connectivity index (χ1n) is 5.90. The van der Waals surface area contributed by atoms with E-state index in [1.165, 1.54) is 23.9 Å². The van der Waals surface area contributed by atoms with Crippen molar-refractivity contribution < 1.29 is 14.5 Å². The first-order valence-corrected chi connectivity index (χ1v) is 7.67. The van der Waals surface area contributed by atoms with Gasteiger partial charge in [0, 0.05) is 12.1 Å². The molecule has 0 saturated heterocycles. The number of halogens is 1. The zero-order valence-corrected chi connectivity index (χ0v) is 12.7. The molecule has 114 valence electrons. The Morgan fingerprint density at radius 3 is 2.71 bits per heavy atom. The van der Waals surface area contributed by atoms with Crippen molar-refractivity contribution in [2.24, 2.45) is 5.73 Å². The molecule has 1 aromatic carbocycles. The van der Waals surface area contributed by atoms with Crippen LogP contribution in [-0.4, -0.2) is 34.8 Å². The van der Waals surface area contributed by atoms with Crippen molar-refractivity contribution in [1.82, 2.24) is 5.32 Å². The monoisotopic (exact) mass is 331 g/mol. The van der Waals surface area contributed by atoms with Gasteiger partial charge >= 0.3 is 0 Å². The molecule has 21 heavy (non-hydrogen) atoms. The lowest BCUT2D eigenvalue weighted by Crippen LogP contribution is -2.44. The average molecular weight is 332 g/mol. The summed E-state index contributed by atoms with van der Waals surface area (Å²) < 4.78 is 0. The van der Waals surface area contributed by atoms with Crippen molar-refractivity contribution in [3.8, 4) is 0 Å². The lowest BCUT2D eigenvalue weighted by atomic mass is 10.1. The highest BCUT2D eigenvalue weighted by molar-refractivity contribution is 7.98. The van der Waals surface area contributed by atoms with Gasteiger partial charge in [0.2, 0.25) is 5.91 Å². The highest BCUT2D eigenvalue weighted by Crippen LogP contribution is 2.22. The van der Waals surface area contributed by atoms with Crippen LogP contribution in [0.2, 0.25) is 5.02 Å². The molecule has 1 aromatic rings. The lowest BCUT2D eigenvalue weighted by molar-refractivity contribution is -0.384. The fraction of sp³-hybridized carbons (Fsp3) is 0.333. The fourth-order valence-corrected chi connectivity index (χ4v) is 2.23. The molecule has 0 radical (unpaired) electrons. The molecule has 0 aromatic heterocycles. The van der Waals surface area contributed by atoms with Crippen LogP contribution in [0.5, 0.6) is 0 Å². The number of amides is 2. The van der Waals surface area contributed by atoms with Gasteiger partial charge in [-0.25, -0.2) is 0 Å². The zero-order valence-electron chi connectivity index (χ0n) is 11.2. The number of carbonyl (C=O) groups is 2. The number of benzene rings is 1. The Labute approximate surface area is 130 Å². The van der Waals surface area contributed by atoms with E-state index in [4.69, 9.17) is 17.3 Å². The van der Waals surface area contributed by atoms with Gasteiger partial charge in [0.05, 0.1) is 15.5 Å². The van der Waals surface area contributed by atoms with Crippen LogP contribution >= 0.6 is 23.4 Å². The second-order valence-electron chi connectivity index (χ2n) is 4.13. The lowest BCUT2D eigenvalue weighted by Gasteiger charge is -2.15. The van der Waals surface area contributed by atoms with E-state index in [2.05, 4.69) is 5.32 Å². The second-order valence-corrected chi connectivity index (χ2v) is 5.52. The van der Waals surface area contributed by atoms with E-state index in [0.29, 0.717) is 12.2 Å². The third-order valence-corrected chi connectivity index (χ3v) is 3.64. The van der Waals surface area contributed by atoms with Crippen molar-refractivity contribution >= 4 is 40.9 Å². The number of hydrogen-bond acceptors (Lipinski definition) is 5. The maximum absolute atomic E-state index is 12.1. The van der Waals surface area contributed by atoms with E-state index in [1.807, 2.05) is 6.26 Å². The number of carbonyl (C=O) groups excluding carboxylic acids is 2. The van der Waals surface area contributed by atoms with Crippen LogP contribution in [-0.2, 0) is 4.79 Å². The summed E-state index contributed by atoms with van der Waals surface area (Å²) in [6.45, 7) is 0. The molecule has 3 N–H and O–H groups in total. The number of nitrogens with zero attached hydrogens (tertiary/aromatic N) is 1. The minimum atomic E-state index is -0.847. The molecule has 0 aliphatic carbocycles. The molecule has 7 nitrogen and oxygen atoms in total. The van der Waals surface area contributed by atoms with Crippen LogP contribution in [0.15, 0.2) is 18.2 Å². The van der Waals surface area contributed by atoms with E-state index >= 15 is 0 Å². The maximum atomic E-state index is 12.1. The first kappa shape index (κ1) is 17.3. The number of rotatable bonds is 7. The molecule has 0 aliphatic rings. The Bertz CT molecular complexity index is 567. The Morgan fingerprint density at radius 1 is 1.52 bits per heavy atom. The Hall–Kier alpha value is -1.80. The SMILES string of the molecule is CSCCC(NC(=O)c1cc([N+](=O)[O-])ccc1Cl)C(N)=O. The average Bonchev–Trinajstić information content (AvgIpc) is 2.42. The van der Waals surface area contributed by atoms with Crippen molar-refractivity contribution in [2.75, 3.05) is 12.0 Å². The van der Waals surface area contributed by atoms with Gasteiger partial charge in [-0.3, -0.25) is 19.7 Å². The number of nitrogens with two attached hydrogens (primary N) is 1. The minimum absolute atomic E-state index is 0.0613. The van der Waals surface area contributed by atoms with Gasteiger partial charge in [0.15, 0.2) is 0 Å². The number of primary amides is 1. The highest BCUT2D eigenvalue weighted by Gasteiger charge is 2.21. The van der Waals surface area contributed by atoms with Crippen LogP contribution in [0.25, 0.3) is 0 Å². The normalized spacial score (nSPS) is 11.7. The third-order valence-electron chi connectivity index (χ3n) is 2.66. The van der Waals surface area contributed by atoms with Crippen molar-refractivity contribution in [2.45, 2.75) is 12.5 Å². The van der Waals surface area contributed by atoms with Crippen LogP contribution in [0.3, 0.4) is 0 Å². The molecule has 0 spiro atoms. The molecular formula is C12H14ClN3O4S. The molecule has 1 rings (SSSR count). The molecular weight excluding hydrogens is 318 g/mol. The Morgan fingerprint density at radius 2 is 2.19 bits per heavy atom. The van der Waals surface area contributed by atoms with Crippen molar-refractivity contribution in [1.29, 1.82) is 0 Å². The zero-order chi connectivity index (χ0) is 16.0. The summed E-state index contributed by atoms with van der Waals surface area (Å²) >= 11 is 7.36. The Balaban J connectivity index is 2.94. The van der Waals surface area contributed by atoms with Crippen LogP contribution in [0.4, 0.5) is 5.69 Å². The number of nitro benzene ring substituents is 1. The molecule has 1 unspecified atom stereocenters. The topological polar surface area (TPSA) is 115 Å². The summed E-state index contributed by atoms with van der Waals surface area (Å²) in [6.07, 6.45) is 2.23. The van der Waals surface area contributed by atoms with Gasteiger partial charge in [-0.1, -0.05) is 11.6 Å². The molecule has 0 aliphatic heterocycles. The summed E-state index contributed by atoms with van der Waals surface area (Å²) in [6, 6.07) is 2.67. The summed E-state index contributed by atoms with van der Waals surface area (Å²) in [5.74, 6) is -0.705. The van der Waals surface area contributed by atoms with E-state index < -0.39 is 22.8 Å². The van der Waals surface area contributed by atoms with Gasteiger partial charge in [0.25, 0.3) is 11.6 Å². The van der Waals surface area contributed by atoms with Gasteiger partial charge in [-0.15, -0.1) is 0 Å². The number of nitro groups is 1. The van der Waals surface area contributed by atoms with E-state index in [-0.39, 0.29) is 16.3 Å². The molecule has 0 bridgehead atoms. The van der Waals surface area contributed by atoms with Gasteiger partial charge in [-0.2, -0.15) is 11.8 Å². The summed E-state index contributed by atoms with van der Waals surface area (Å²) in [5, 5.41) is 13.2. The second kappa shape index (κ2) is 7.84. The predicted octanol–water partition coefficient (Wildman–Crippen LogP) is 1.58. The summed E-state index contributed by atoms with van der Waals surface area (Å²) in [7, 11) is 0. The van der Waals surface area contributed by atoms with E-state index in [0.717, 1.165) is 6.07 Å². The van der Waals surface area contributed by atoms with Gasteiger partial charge < -0.3 is 11.1 Å². The van der Waals surface area contributed by atoms with Crippen LogP contribution in [0, 0.1) is 10.1 Å². The molecule has 0 saturated carbocycles. The third kappa shape index (κ3) is 4.91. The predicted molar refractivity (Wildman–Crippen MR) is 81.6 cm³/mol. The number of thioether (sulfide) groups is 1. The largest absolute Gasteiger partial charge is 0.368 e. The molecule has 1 atom stereocenters.